The van der Waals surface area contributed by atoms with E-state index in [2.05, 4.69) is 16.7 Å². The first-order valence-corrected chi connectivity index (χ1v) is 9.07. The number of hydrogen-bond donors (Lipinski definition) is 0. The highest BCUT2D eigenvalue weighted by Gasteiger charge is 2.20. The molecule has 3 aromatic rings. The molecule has 0 aliphatic heterocycles. The molecule has 2 aromatic carbocycles. The molecule has 3 rings (SSSR count). The minimum Gasteiger partial charge on any atom is -0.493 e. The number of aromatic nitrogens is 2. The van der Waals surface area contributed by atoms with Gasteiger partial charge in [0, 0.05) is 17.7 Å². The molecule has 0 N–H and O–H groups in total. The van der Waals surface area contributed by atoms with Crippen LogP contribution in [0.4, 0.5) is 0 Å². The van der Waals surface area contributed by atoms with Gasteiger partial charge in [0.15, 0.2) is 11.5 Å². The number of carbonyl (C=O) groups excluding carboxylic acids is 1. The molecule has 1 heterocycles. The van der Waals surface area contributed by atoms with Crippen molar-refractivity contribution in [3.8, 4) is 22.9 Å². The van der Waals surface area contributed by atoms with Gasteiger partial charge < -0.3 is 18.9 Å². The number of nitrogens with zero attached hydrogens (tertiary/aromatic N) is 3. The summed E-state index contributed by atoms with van der Waals surface area (Å²) in [6, 6.07) is 12.8. The van der Waals surface area contributed by atoms with Crippen molar-refractivity contribution in [3.63, 3.8) is 0 Å². The zero-order valence-corrected chi connectivity index (χ0v) is 16.7. The predicted octanol–water partition coefficient (Wildman–Crippen LogP) is 3.89. The van der Waals surface area contributed by atoms with Crippen LogP contribution < -0.4 is 9.47 Å². The molecular formula is C22H23N3O4. The predicted molar refractivity (Wildman–Crippen MR) is 109 cm³/mol. The average molecular weight is 393 g/mol. The summed E-state index contributed by atoms with van der Waals surface area (Å²) in [5, 5.41) is 4.02. The second-order valence-corrected chi connectivity index (χ2v) is 6.42. The molecule has 1 aromatic heterocycles. The average Bonchev–Trinajstić information content (AvgIpc) is 3.21. The molecule has 0 aliphatic rings. The molecule has 0 saturated carbocycles. The summed E-state index contributed by atoms with van der Waals surface area (Å²) in [5.41, 5.74) is 2.46. The highest BCUT2D eigenvalue weighted by molar-refractivity contribution is 5.95. The lowest BCUT2D eigenvalue weighted by molar-refractivity contribution is 0.0745. The molecule has 0 atom stereocenters. The van der Waals surface area contributed by atoms with E-state index in [0.29, 0.717) is 35.3 Å². The number of amides is 1. The molecule has 0 fully saturated rings. The van der Waals surface area contributed by atoms with E-state index in [1.165, 1.54) is 7.11 Å². The Morgan fingerprint density at radius 2 is 1.86 bits per heavy atom. The molecule has 7 heteroatoms. The number of carbonyl (C=O) groups is 1. The molecule has 0 bridgehead atoms. The van der Waals surface area contributed by atoms with Gasteiger partial charge in [-0.1, -0.05) is 41.1 Å². The largest absolute Gasteiger partial charge is 0.493 e. The summed E-state index contributed by atoms with van der Waals surface area (Å²) < 4.78 is 15.9. The van der Waals surface area contributed by atoms with Gasteiger partial charge in [0.2, 0.25) is 11.7 Å². The third-order valence-corrected chi connectivity index (χ3v) is 4.37. The molecular weight excluding hydrogens is 370 g/mol. The quantitative estimate of drug-likeness (QED) is 0.540. The van der Waals surface area contributed by atoms with Gasteiger partial charge in [0.05, 0.1) is 14.2 Å². The summed E-state index contributed by atoms with van der Waals surface area (Å²) in [6.45, 7) is 6.24. The third kappa shape index (κ3) is 4.63. The summed E-state index contributed by atoms with van der Waals surface area (Å²) in [6.07, 6.45) is 1.65. The zero-order valence-electron chi connectivity index (χ0n) is 16.7. The van der Waals surface area contributed by atoms with Crippen molar-refractivity contribution in [1.82, 2.24) is 15.0 Å². The van der Waals surface area contributed by atoms with Crippen molar-refractivity contribution in [2.45, 2.75) is 13.5 Å². The lowest BCUT2D eigenvalue weighted by atomic mass is 10.1. The highest BCUT2D eigenvalue weighted by atomic mass is 16.5. The zero-order chi connectivity index (χ0) is 20.8. The lowest BCUT2D eigenvalue weighted by Crippen LogP contribution is -2.30. The Labute approximate surface area is 169 Å². The first-order chi connectivity index (χ1) is 14.0. The van der Waals surface area contributed by atoms with Crippen LogP contribution in [0.15, 0.2) is 59.6 Å². The Kier molecular flexibility index (Phi) is 6.29. The molecule has 0 aliphatic carbocycles. The van der Waals surface area contributed by atoms with E-state index >= 15 is 0 Å². The standard InChI is InChI=1S/C22H23N3O4/c1-5-12-25(22(26)17-10-11-18(27-3)19(13-17)28-4)14-20-23-21(24-29-20)16-8-6-15(2)7-9-16/h5-11,13H,1,12,14H2,2-4H3. The maximum absolute atomic E-state index is 13.0. The van der Waals surface area contributed by atoms with Gasteiger partial charge in [0.1, 0.15) is 6.54 Å². The number of ether oxygens (including phenoxy) is 2. The van der Waals surface area contributed by atoms with Crippen LogP contribution in [0.1, 0.15) is 21.8 Å². The van der Waals surface area contributed by atoms with Crippen LogP contribution in [0.2, 0.25) is 0 Å². The molecule has 29 heavy (non-hydrogen) atoms. The van der Waals surface area contributed by atoms with Crippen LogP contribution in [0.5, 0.6) is 11.5 Å². The van der Waals surface area contributed by atoms with Crippen molar-refractivity contribution < 1.29 is 18.8 Å². The van der Waals surface area contributed by atoms with Gasteiger partial charge in [-0.15, -0.1) is 6.58 Å². The van der Waals surface area contributed by atoms with Gasteiger partial charge >= 0.3 is 0 Å². The maximum atomic E-state index is 13.0. The van der Waals surface area contributed by atoms with E-state index in [1.54, 1.807) is 36.3 Å². The van der Waals surface area contributed by atoms with E-state index in [9.17, 15) is 4.79 Å². The Morgan fingerprint density at radius 1 is 1.14 bits per heavy atom. The van der Waals surface area contributed by atoms with Crippen molar-refractivity contribution >= 4 is 5.91 Å². The normalized spacial score (nSPS) is 10.4. The number of methoxy groups -OCH3 is 2. The second-order valence-electron chi connectivity index (χ2n) is 6.42. The molecule has 150 valence electrons. The number of benzene rings is 2. The number of aryl methyl sites for hydroxylation is 1. The van der Waals surface area contributed by atoms with Gasteiger partial charge in [-0.05, 0) is 25.1 Å². The van der Waals surface area contributed by atoms with E-state index < -0.39 is 0 Å². The van der Waals surface area contributed by atoms with E-state index in [-0.39, 0.29) is 12.5 Å². The Balaban J connectivity index is 1.80. The molecule has 0 unspecified atom stereocenters. The summed E-state index contributed by atoms with van der Waals surface area (Å²) in [7, 11) is 3.07. The summed E-state index contributed by atoms with van der Waals surface area (Å²) >= 11 is 0. The molecule has 1 amide bonds. The minimum absolute atomic E-state index is 0.165. The fraction of sp³-hybridized carbons (Fsp3) is 0.227. The van der Waals surface area contributed by atoms with Gasteiger partial charge in [-0.3, -0.25) is 4.79 Å². The third-order valence-electron chi connectivity index (χ3n) is 4.37. The topological polar surface area (TPSA) is 77.7 Å². The van der Waals surface area contributed by atoms with Crippen LogP contribution in [-0.4, -0.2) is 41.7 Å². The Hall–Kier alpha value is -3.61. The SMILES string of the molecule is C=CCN(Cc1nc(-c2ccc(C)cc2)no1)C(=O)c1ccc(OC)c(OC)c1. The van der Waals surface area contributed by atoms with E-state index in [0.717, 1.165) is 11.1 Å². The van der Waals surface area contributed by atoms with E-state index in [1.807, 2.05) is 31.2 Å². The molecule has 7 nitrogen and oxygen atoms in total. The van der Waals surface area contributed by atoms with Crippen molar-refractivity contribution in [2.75, 3.05) is 20.8 Å². The van der Waals surface area contributed by atoms with Gasteiger partial charge in [-0.2, -0.15) is 4.98 Å². The van der Waals surface area contributed by atoms with Crippen LogP contribution in [0, 0.1) is 6.92 Å². The number of hydrogen-bond acceptors (Lipinski definition) is 6. The summed E-state index contributed by atoms with van der Waals surface area (Å²) in [5.74, 6) is 1.66. The van der Waals surface area contributed by atoms with E-state index in [4.69, 9.17) is 14.0 Å². The van der Waals surface area contributed by atoms with Crippen molar-refractivity contribution in [2.24, 2.45) is 0 Å². The van der Waals surface area contributed by atoms with Crippen molar-refractivity contribution in [1.29, 1.82) is 0 Å². The highest BCUT2D eigenvalue weighted by Crippen LogP contribution is 2.28. The smallest absolute Gasteiger partial charge is 0.254 e. The molecule has 0 radical (unpaired) electrons. The van der Waals surface area contributed by atoms with Crippen LogP contribution in [0.25, 0.3) is 11.4 Å². The fourth-order valence-corrected chi connectivity index (χ4v) is 2.83. The maximum Gasteiger partial charge on any atom is 0.254 e. The first kappa shape index (κ1) is 20.1. The lowest BCUT2D eigenvalue weighted by Gasteiger charge is -2.19. The van der Waals surface area contributed by atoms with Gasteiger partial charge in [-0.25, -0.2) is 0 Å². The minimum atomic E-state index is -0.207. The molecule has 0 spiro atoms. The van der Waals surface area contributed by atoms with Crippen LogP contribution in [0.3, 0.4) is 0 Å². The molecule has 0 saturated heterocycles. The van der Waals surface area contributed by atoms with Gasteiger partial charge in [0.25, 0.3) is 5.91 Å². The Morgan fingerprint density at radius 3 is 2.52 bits per heavy atom. The summed E-state index contributed by atoms with van der Waals surface area (Å²) in [4.78, 5) is 19.0. The fourth-order valence-electron chi connectivity index (χ4n) is 2.83. The number of rotatable bonds is 8. The monoisotopic (exact) mass is 393 g/mol. The van der Waals surface area contributed by atoms with Crippen molar-refractivity contribution in [3.05, 3.63) is 72.1 Å². The first-order valence-electron chi connectivity index (χ1n) is 9.07. The Bertz CT molecular complexity index is 996. The second kappa shape index (κ2) is 9.05. The van der Waals surface area contributed by atoms with Crippen LogP contribution in [-0.2, 0) is 6.54 Å². The van der Waals surface area contributed by atoms with Crippen LogP contribution >= 0.6 is 0 Å².